The van der Waals surface area contributed by atoms with Crippen LogP contribution in [0.25, 0.3) is 0 Å². The van der Waals surface area contributed by atoms with Gasteiger partial charge in [-0.15, -0.1) is 0 Å². The van der Waals surface area contributed by atoms with E-state index in [1.807, 2.05) is 6.92 Å². The second kappa shape index (κ2) is 8.78. The molecule has 0 radical (unpaired) electrons. The van der Waals surface area contributed by atoms with E-state index in [0.29, 0.717) is 0 Å². The Balaban J connectivity index is 2.22. The van der Waals surface area contributed by atoms with Gasteiger partial charge in [0.1, 0.15) is 6.04 Å². The standard InChI is InChI=1S/C18H27NO5S/c1-3-24-18(21)16(17(20)14-7-5-4-6-8-14)19-25(22,23)15-11-9-13(2)10-12-15/h9-12,14,16-17,19-20H,3-8H2,1-2H3. The number of aryl methyl sites for hydroxylation is 1. The van der Waals surface area contributed by atoms with Crippen molar-refractivity contribution in [1.29, 1.82) is 0 Å². The highest BCUT2D eigenvalue weighted by atomic mass is 32.2. The van der Waals surface area contributed by atoms with Gasteiger partial charge in [0.2, 0.25) is 10.0 Å². The first-order valence-corrected chi connectivity index (χ1v) is 10.3. The van der Waals surface area contributed by atoms with Crippen LogP contribution < -0.4 is 4.72 Å². The van der Waals surface area contributed by atoms with Crippen molar-refractivity contribution in [2.24, 2.45) is 5.92 Å². The number of nitrogens with one attached hydrogen (secondary N) is 1. The fourth-order valence-corrected chi connectivity index (χ4v) is 4.39. The van der Waals surface area contributed by atoms with Gasteiger partial charge in [-0.05, 0) is 44.7 Å². The number of aliphatic hydroxyl groups is 1. The fraction of sp³-hybridized carbons (Fsp3) is 0.611. The molecule has 2 N–H and O–H groups in total. The molecular weight excluding hydrogens is 342 g/mol. The van der Waals surface area contributed by atoms with Gasteiger partial charge in [-0.25, -0.2) is 8.42 Å². The average Bonchev–Trinajstić information content (AvgIpc) is 2.60. The number of aliphatic hydroxyl groups excluding tert-OH is 1. The van der Waals surface area contributed by atoms with Crippen LogP contribution in [0.1, 0.15) is 44.6 Å². The summed E-state index contributed by atoms with van der Waals surface area (Å²) in [7, 11) is -3.93. The summed E-state index contributed by atoms with van der Waals surface area (Å²) in [6, 6.07) is 5.03. The number of carbonyl (C=O) groups is 1. The number of hydrogen-bond acceptors (Lipinski definition) is 5. The van der Waals surface area contributed by atoms with Crippen molar-refractivity contribution in [2.45, 2.75) is 63.0 Å². The predicted octanol–water partition coefficient (Wildman–Crippen LogP) is 2.15. The van der Waals surface area contributed by atoms with Gasteiger partial charge < -0.3 is 9.84 Å². The number of rotatable bonds is 7. The van der Waals surface area contributed by atoms with Gasteiger partial charge in [0.25, 0.3) is 0 Å². The van der Waals surface area contributed by atoms with E-state index in [4.69, 9.17) is 4.74 Å². The number of sulfonamides is 1. The molecule has 6 nitrogen and oxygen atoms in total. The molecule has 2 atom stereocenters. The zero-order valence-corrected chi connectivity index (χ0v) is 15.6. The molecule has 140 valence electrons. The Morgan fingerprint density at radius 3 is 2.40 bits per heavy atom. The van der Waals surface area contributed by atoms with E-state index in [0.717, 1.165) is 37.7 Å². The van der Waals surface area contributed by atoms with Crippen LogP contribution in [0.4, 0.5) is 0 Å². The average molecular weight is 369 g/mol. The van der Waals surface area contributed by atoms with Gasteiger partial charge in [-0.3, -0.25) is 4.79 Å². The van der Waals surface area contributed by atoms with Crippen molar-refractivity contribution in [1.82, 2.24) is 4.72 Å². The normalized spacial score (nSPS) is 18.5. The molecule has 7 heteroatoms. The van der Waals surface area contributed by atoms with E-state index in [1.165, 1.54) is 12.1 Å². The second-order valence-corrected chi connectivity index (χ2v) is 8.27. The van der Waals surface area contributed by atoms with Crippen LogP contribution in [0, 0.1) is 12.8 Å². The van der Waals surface area contributed by atoms with Gasteiger partial charge >= 0.3 is 5.97 Å². The number of ether oxygens (including phenoxy) is 1. The Bertz CT molecular complexity index is 665. The highest BCUT2D eigenvalue weighted by Gasteiger charge is 2.37. The molecule has 1 aromatic carbocycles. The smallest absolute Gasteiger partial charge is 0.326 e. The number of carbonyl (C=O) groups excluding carboxylic acids is 1. The first-order valence-electron chi connectivity index (χ1n) is 8.79. The molecule has 0 amide bonds. The van der Waals surface area contributed by atoms with Gasteiger partial charge in [-0.2, -0.15) is 4.72 Å². The molecule has 1 saturated carbocycles. The molecule has 2 rings (SSSR count). The Labute approximate surface area is 149 Å². The van der Waals surface area contributed by atoms with Crippen molar-refractivity contribution in [2.75, 3.05) is 6.61 Å². The highest BCUT2D eigenvalue weighted by molar-refractivity contribution is 7.89. The molecule has 0 spiro atoms. The zero-order chi connectivity index (χ0) is 18.4. The van der Waals surface area contributed by atoms with Gasteiger partial charge in [0.15, 0.2) is 0 Å². The lowest BCUT2D eigenvalue weighted by Crippen LogP contribution is -2.52. The van der Waals surface area contributed by atoms with Crippen LogP contribution in [-0.2, 0) is 19.6 Å². The Hall–Kier alpha value is -1.44. The molecule has 0 bridgehead atoms. The number of hydrogen-bond donors (Lipinski definition) is 2. The zero-order valence-electron chi connectivity index (χ0n) is 14.8. The SMILES string of the molecule is CCOC(=O)C(NS(=O)(=O)c1ccc(C)cc1)C(O)C1CCCCC1. The molecule has 1 aromatic rings. The second-order valence-electron chi connectivity index (χ2n) is 6.55. The van der Waals surface area contributed by atoms with Crippen LogP contribution in [0.2, 0.25) is 0 Å². The molecule has 0 aromatic heterocycles. The Kier molecular flexibility index (Phi) is 6.98. The monoisotopic (exact) mass is 369 g/mol. The Morgan fingerprint density at radius 1 is 1.24 bits per heavy atom. The van der Waals surface area contributed by atoms with Crippen molar-refractivity contribution in [3.05, 3.63) is 29.8 Å². The van der Waals surface area contributed by atoms with Gasteiger partial charge in [-0.1, -0.05) is 37.0 Å². The summed E-state index contributed by atoms with van der Waals surface area (Å²) in [6.45, 7) is 3.63. The molecule has 0 saturated heterocycles. The fourth-order valence-electron chi connectivity index (χ4n) is 3.19. The molecule has 1 fully saturated rings. The molecule has 1 aliphatic carbocycles. The third kappa shape index (κ3) is 5.26. The number of benzene rings is 1. The van der Waals surface area contributed by atoms with Crippen LogP contribution in [0.3, 0.4) is 0 Å². The largest absolute Gasteiger partial charge is 0.465 e. The van der Waals surface area contributed by atoms with Crippen LogP contribution in [0.15, 0.2) is 29.2 Å². The molecule has 2 unspecified atom stereocenters. The number of esters is 1. The van der Waals surface area contributed by atoms with Gasteiger partial charge in [0.05, 0.1) is 17.6 Å². The van der Waals surface area contributed by atoms with Crippen molar-refractivity contribution >= 4 is 16.0 Å². The lowest BCUT2D eigenvalue weighted by Gasteiger charge is -2.31. The van der Waals surface area contributed by atoms with Crippen molar-refractivity contribution < 1.29 is 23.1 Å². The van der Waals surface area contributed by atoms with Gasteiger partial charge in [0, 0.05) is 0 Å². The maximum Gasteiger partial charge on any atom is 0.326 e. The predicted molar refractivity (Wildman–Crippen MR) is 94.5 cm³/mol. The minimum absolute atomic E-state index is 0.0586. The van der Waals surface area contributed by atoms with E-state index < -0.39 is 28.1 Å². The molecular formula is C18H27NO5S. The van der Waals surface area contributed by atoms with Crippen LogP contribution >= 0.6 is 0 Å². The maximum atomic E-state index is 12.6. The molecule has 25 heavy (non-hydrogen) atoms. The molecule has 1 aliphatic rings. The first kappa shape index (κ1) is 19.9. The van der Waals surface area contributed by atoms with Crippen molar-refractivity contribution in [3.8, 4) is 0 Å². The van der Waals surface area contributed by atoms with Crippen LogP contribution in [-0.4, -0.2) is 38.2 Å². The minimum atomic E-state index is -3.93. The first-order chi connectivity index (χ1) is 11.8. The lowest BCUT2D eigenvalue weighted by molar-refractivity contribution is -0.149. The third-order valence-corrected chi connectivity index (χ3v) is 6.09. The van der Waals surface area contributed by atoms with E-state index in [-0.39, 0.29) is 17.4 Å². The van der Waals surface area contributed by atoms with Crippen LogP contribution in [0.5, 0.6) is 0 Å². The summed E-state index contributed by atoms with van der Waals surface area (Å²) >= 11 is 0. The summed E-state index contributed by atoms with van der Waals surface area (Å²) in [6.07, 6.45) is 3.51. The molecule has 0 aliphatic heterocycles. The van der Waals surface area contributed by atoms with Crippen molar-refractivity contribution in [3.63, 3.8) is 0 Å². The summed E-state index contributed by atoms with van der Waals surface area (Å²) in [5.74, 6) is -0.847. The van der Waals surface area contributed by atoms with E-state index in [2.05, 4.69) is 4.72 Å². The topological polar surface area (TPSA) is 92.7 Å². The summed E-state index contributed by atoms with van der Waals surface area (Å²) in [4.78, 5) is 12.3. The Morgan fingerprint density at radius 2 is 1.84 bits per heavy atom. The summed E-state index contributed by atoms with van der Waals surface area (Å²) in [5.41, 5.74) is 0.933. The quantitative estimate of drug-likeness (QED) is 0.719. The molecule has 0 heterocycles. The van der Waals surface area contributed by atoms with E-state index in [1.54, 1.807) is 19.1 Å². The summed E-state index contributed by atoms with van der Waals surface area (Å²) < 4.78 is 32.6. The van der Waals surface area contributed by atoms with E-state index in [9.17, 15) is 18.3 Å². The third-order valence-electron chi connectivity index (χ3n) is 4.63. The van der Waals surface area contributed by atoms with E-state index >= 15 is 0 Å². The lowest BCUT2D eigenvalue weighted by atomic mass is 9.83. The highest BCUT2D eigenvalue weighted by Crippen LogP contribution is 2.28. The summed E-state index contributed by atoms with van der Waals surface area (Å²) in [5, 5.41) is 10.7. The maximum absolute atomic E-state index is 12.6. The minimum Gasteiger partial charge on any atom is -0.465 e.